The molecule has 1 unspecified atom stereocenters. The molecule has 0 saturated heterocycles. The molecule has 1 atom stereocenters. The van der Waals surface area contributed by atoms with Gasteiger partial charge in [0.25, 0.3) is 0 Å². The third-order valence-corrected chi connectivity index (χ3v) is 3.61. The summed E-state index contributed by atoms with van der Waals surface area (Å²) < 4.78 is 0. The van der Waals surface area contributed by atoms with Crippen molar-refractivity contribution in [3.63, 3.8) is 0 Å². The van der Waals surface area contributed by atoms with Crippen LogP contribution in [0.15, 0.2) is 5.38 Å². The summed E-state index contributed by atoms with van der Waals surface area (Å²) in [5.41, 5.74) is 0.0234. The van der Waals surface area contributed by atoms with Crippen molar-refractivity contribution in [1.82, 2.24) is 4.98 Å². The Labute approximate surface area is 93.9 Å². The summed E-state index contributed by atoms with van der Waals surface area (Å²) in [5.74, 6) is 0.171. The van der Waals surface area contributed by atoms with Gasteiger partial charge in [-0.2, -0.15) is 0 Å². The molecule has 1 N–H and O–H groups in total. The predicted molar refractivity (Wildman–Crippen MR) is 61.1 cm³/mol. The van der Waals surface area contributed by atoms with Gasteiger partial charge in [0.05, 0.1) is 11.6 Å². The van der Waals surface area contributed by atoms with Gasteiger partial charge in [-0.05, 0) is 6.92 Å². The second-order valence-corrected chi connectivity index (χ2v) is 5.82. The van der Waals surface area contributed by atoms with Gasteiger partial charge >= 0.3 is 0 Å². The van der Waals surface area contributed by atoms with E-state index in [0.29, 0.717) is 5.01 Å². The normalized spacial score (nSPS) is 16.7. The summed E-state index contributed by atoms with van der Waals surface area (Å²) in [6.07, 6.45) is 0. The molecule has 0 bridgehead atoms. The lowest BCUT2D eigenvalue weighted by molar-refractivity contribution is 0.0818. The molecule has 2 nitrogen and oxygen atoms in total. The highest BCUT2D eigenvalue weighted by Gasteiger charge is 2.27. The molecule has 1 aromatic rings. The Morgan fingerprint density at radius 2 is 2.00 bits per heavy atom. The summed E-state index contributed by atoms with van der Waals surface area (Å²) in [7, 11) is 0. The minimum Gasteiger partial charge on any atom is -0.382 e. The summed E-state index contributed by atoms with van der Waals surface area (Å²) in [5, 5.41) is 12.6. The lowest BCUT2D eigenvalue weighted by Crippen LogP contribution is -2.23. The molecule has 0 aliphatic carbocycles. The quantitative estimate of drug-likeness (QED) is 0.797. The van der Waals surface area contributed by atoms with E-state index in [4.69, 9.17) is 11.6 Å². The number of rotatable bonds is 2. The first-order valence-corrected chi connectivity index (χ1v) is 5.93. The van der Waals surface area contributed by atoms with Gasteiger partial charge in [0, 0.05) is 10.8 Å². The molecule has 1 rings (SSSR count). The fourth-order valence-corrected chi connectivity index (χ4v) is 2.24. The lowest BCUT2D eigenvalue weighted by atomic mass is 9.93. The van der Waals surface area contributed by atoms with Crippen molar-refractivity contribution < 1.29 is 5.11 Å². The molecule has 0 fully saturated rings. The van der Waals surface area contributed by atoms with Gasteiger partial charge in [0.2, 0.25) is 0 Å². The third-order valence-electron chi connectivity index (χ3n) is 1.99. The number of alkyl halides is 1. The molecule has 4 heteroatoms. The Hall–Kier alpha value is -0.120. The number of aromatic nitrogens is 1. The van der Waals surface area contributed by atoms with Crippen LogP contribution < -0.4 is 0 Å². The summed E-state index contributed by atoms with van der Waals surface area (Å²) >= 11 is 7.13. The molecule has 14 heavy (non-hydrogen) atoms. The molecule has 1 heterocycles. The molecule has 0 aromatic carbocycles. The zero-order valence-corrected chi connectivity index (χ0v) is 10.5. The zero-order chi connectivity index (χ0) is 11.0. The van der Waals surface area contributed by atoms with E-state index in [1.165, 1.54) is 11.3 Å². The van der Waals surface area contributed by atoms with Crippen LogP contribution in [-0.2, 0) is 11.0 Å². The predicted octanol–water partition coefficient (Wildman–Crippen LogP) is 2.89. The number of nitrogens with zero attached hydrogens (tertiary/aromatic N) is 1. The largest absolute Gasteiger partial charge is 0.382 e. The van der Waals surface area contributed by atoms with Crippen LogP contribution in [0.25, 0.3) is 0 Å². The van der Waals surface area contributed by atoms with Gasteiger partial charge in [0.15, 0.2) is 0 Å². The topological polar surface area (TPSA) is 33.1 Å². The van der Waals surface area contributed by atoms with Crippen LogP contribution in [0.4, 0.5) is 0 Å². The molecule has 0 radical (unpaired) electrons. The van der Waals surface area contributed by atoms with Gasteiger partial charge in [0.1, 0.15) is 10.6 Å². The van der Waals surface area contributed by atoms with Gasteiger partial charge in [-0.1, -0.05) is 20.8 Å². The van der Waals surface area contributed by atoms with Crippen molar-refractivity contribution in [2.75, 3.05) is 5.88 Å². The van der Waals surface area contributed by atoms with Crippen LogP contribution >= 0.6 is 22.9 Å². The second-order valence-electron chi connectivity index (χ2n) is 4.70. The number of hydrogen-bond donors (Lipinski definition) is 1. The maximum Gasteiger partial charge on any atom is 0.127 e. The van der Waals surface area contributed by atoms with E-state index in [1.54, 1.807) is 6.92 Å². The van der Waals surface area contributed by atoms with Crippen molar-refractivity contribution in [3.8, 4) is 0 Å². The highest BCUT2D eigenvalue weighted by molar-refractivity contribution is 7.09. The van der Waals surface area contributed by atoms with Crippen LogP contribution in [-0.4, -0.2) is 16.0 Å². The summed E-state index contributed by atoms with van der Waals surface area (Å²) in [6, 6.07) is 0. The Morgan fingerprint density at radius 3 is 2.36 bits per heavy atom. The standard InChI is InChI=1S/C10H16ClNOS/c1-9(2,3)7-5-14-8(12-7)10(4,13)6-11/h5,13H,6H2,1-4H3. The van der Waals surface area contributed by atoms with E-state index >= 15 is 0 Å². The number of aliphatic hydroxyl groups is 1. The van der Waals surface area contributed by atoms with Gasteiger partial charge in [-0.25, -0.2) is 4.98 Å². The maximum absolute atomic E-state index is 9.89. The number of thiazole rings is 1. The fourth-order valence-electron chi connectivity index (χ4n) is 0.923. The van der Waals surface area contributed by atoms with Gasteiger partial charge in [-0.3, -0.25) is 0 Å². The van der Waals surface area contributed by atoms with Crippen LogP contribution in [0, 0.1) is 0 Å². The Kier molecular flexibility index (Phi) is 3.24. The number of halogens is 1. The van der Waals surface area contributed by atoms with E-state index in [2.05, 4.69) is 25.8 Å². The Balaban J connectivity index is 3.00. The van der Waals surface area contributed by atoms with Crippen LogP contribution in [0.2, 0.25) is 0 Å². The molecule has 1 aromatic heterocycles. The first-order chi connectivity index (χ1) is 6.27. The van der Waals surface area contributed by atoms with E-state index in [-0.39, 0.29) is 11.3 Å². The van der Waals surface area contributed by atoms with Crippen molar-refractivity contribution in [1.29, 1.82) is 0 Å². The minimum absolute atomic E-state index is 0.0249. The van der Waals surface area contributed by atoms with Crippen LogP contribution in [0.5, 0.6) is 0 Å². The number of hydrogen-bond acceptors (Lipinski definition) is 3. The summed E-state index contributed by atoms with van der Waals surface area (Å²) in [6.45, 7) is 7.98. The van der Waals surface area contributed by atoms with Crippen molar-refractivity contribution >= 4 is 22.9 Å². The Bertz CT molecular complexity index is 314. The smallest absolute Gasteiger partial charge is 0.127 e. The SMILES string of the molecule is CC(C)(C)c1csc(C(C)(O)CCl)n1. The fraction of sp³-hybridized carbons (Fsp3) is 0.700. The zero-order valence-electron chi connectivity index (χ0n) is 8.97. The van der Waals surface area contributed by atoms with Crippen molar-refractivity contribution in [2.45, 2.75) is 38.7 Å². The van der Waals surface area contributed by atoms with E-state index < -0.39 is 5.60 Å². The minimum atomic E-state index is -1.00. The maximum atomic E-state index is 9.89. The van der Waals surface area contributed by atoms with Gasteiger partial charge < -0.3 is 5.11 Å². The average molecular weight is 234 g/mol. The van der Waals surface area contributed by atoms with Gasteiger partial charge in [-0.15, -0.1) is 22.9 Å². The highest BCUT2D eigenvalue weighted by atomic mass is 35.5. The molecule has 0 aliphatic heterocycles. The third kappa shape index (κ3) is 2.47. The van der Waals surface area contributed by atoms with Crippen LogP contribution in [0.3, 0.4) is 0 Å². The highest BCUT2D eigenvalue weighted by Crippen LogP contribution is 2.30. The first-order valence-electron chi connectivity index (χ1n) is 4.52. The lowest BCUT2D eigenvalue weighted by Gasteiger charge is -2.18. The first kappa shape index (κ1) is 12.0. The van der Waals surface area contributed by atoms with E-state index in [9.17, 15) is 5.11 Å². The van der Waals surface area contributed by atoms with E-state index in [1.807, 2.05) is 5.38 Å². The second kappa shape index (κ2) is 3.80. The monoisotopic (exact) mass is 233 g/mol. The molecule has 0 amide bonds. The average Bonchev–Trinajstić information content (AvgIpc) is 2.51. The Morgan fingerprint density at radius 1 is 1.43 bits per heavy atom. The molecular weight excluding hydrogens is 218 g/mol. The van der Waals surface area contributed by atoms with Crippen molar-refractivity contribution in [3.05, 3.63) is 16.1 Å². The molecular formula is C10H16ClNOS. The molecule has 0 saturated carbocycles. The molecule has 0 spiro atoms. The van der Waals surface area contributed by atoms with Crippen LogP contribution in [0.1, 0.15) is 38.4 Å². The van der Waals surface area contributed by atoms with Crippen molar-refractivity contribution in [2.24, 2.45) is 0 Å². The van der Waals surface area contributed by atoms with E-state index in [0.717, 1.165) is 5.69 Å². The molecule has 80 valence electrons. The molecule has 0 aliphatic rings. The summed E-state index contributed by atoms with van der Waals surface area (Å²) in [4.78, 5) is 4.41.